The zero-order valence-corrected chi connectivity index (χ0v) is 20.1. The fourth-order valence-corrected chi connectivity index (χ4v) is 3.32. The van der Waals surface area contributed by atoms with Gasteiger partial charge in [0.25, 0.3) is 0 Å². The topological polar surface area (TPSA) is 123 Å². The number of phenols is 1. The lowest BCUT2D eigenvalue weighted by Crippen LogP contribution is -2.32. The molecule has 0 aromatic heterocycles. The van der Waals surface area contributed by atoms with Crippen LogP contribution in [0.2, 0.25) is 0 Å². The maximum atomic E-state index is 12.5. The SMILES string of the molecule is CC(O)(CCO)COCCOC(=O)c1ccc(COc2ccc(C(=O)c3ccccc3)c(O)c2)cc1. The van der Waals surface area contributed by atoms with Gasteiger partial charge in [-0.2, -0.15) is 0 Å². The zero-order valence-electron chi connectivity index (χ0n) is 20.1. The van der Waals surface area contributed by atoms with E-state index in [1.807, 2.05) is 6.07 Å². The molecule has 8 nitrogen and oxygen atoms in total. The lowest BCUT2D eigenvalue weighted by Gasteiger charge is -2.21. The summed E-state index contributed by atoms with van der Waals surface area (Å²) < 4.78 is 16.2. The van der Waals surface area contributed by atoms with E-state index < -0.39 is 11.6 Å². The van der Waals surface area contributed by atoms with E-state index in [0.29, 0.717) is 16.9 Å². The van der Waals surface area contributed by atoms with Gasteiger partial charge in [0.05, 0.1) is 29.9 Å². The van der Waals surface area contributed by atoms with Crippen LogP contribution in [0.3, 0.4) is 0 Å². The largest absolute Gasteiger partial charge is 0.507 e. The van der Waals surface area contributed by atoms with Gasteiger partial charge in [-0.3, -0.25) is 4.79 Å². The minimum Gasteiger partial charge on any atom is -0.507 e. The Kier molecular flexibility index (Phi) is 9.58. The van der Waals surface area contributed by atoms with Crippen LogP contribution < -0.4 is 4.74 Å². The molecule has 0 amide bonds. The molecule has 36 heavy (non-hydrogen) atoms. The third-order valence-corrected chi connectivity index (χ3v) is 5.37. The average molecular weight is 495 g/mol. The van der Waals surface area contributed by atoms with Crippen molar-refractivity contribution in [3.8, 4) is 11.5 Å². The van der Waals surface area contributed by atoms with Crippen molar-refractivity contribution in [2.24, 2.45) is 0 Å². The van der Waals surface area contributed by atoms with Crippen LogP contribution in [-0.4, -0.2) is 59.1 Å². The first-order valence-electron chi connectivity index (χ1n) is 11.5. The number of carbonyl (C=O) groups excluding carboxylic acids is 2. The Balaban J connectivity index is 1.45. The molecule has 0 saturated carbocycles. The van der Waals surface area contributed by atoms with E-state index in [9.17, 15) is 19.8 Å². The van der Waals surface area contributed by atoms with E-state index in [2.05, 4.69) is 0 Å². The molecular formula is C28H30O8. The van der Waals surface area contributed by atoms with Crippen LogP contribution in [0.4, 0.5) is 0 Å². The van der Waals surface area contributed by atoms with Crippen LogP contribution >= 0.6 is 0 Å². The van der Waals surface area contributed by atoms with Gasteiger partial charge in [0, 0.05) is 24.7 Å². The fourth-order valence-electron chi connectivity index (χ4n) is 3.32. The third-order valence-electron chi connectivity index (χ3n) is 5.37. The standard InChI is InChI=1S/C28H30O8/c1-28(33,13-14-29)19-34-15-16-35-27(32)22-9-7-20(8-10-22)18-36-23-11-12-24(25(30)17-23)26(31)21-5-3-2-4-6-21/h2-12,17,29-30,33H,13-16,18-19H2,1H3. The van der Waals surface area contributed by atoms with Crippen LogP contribution in [0.25, 0.3) is 0 Å². The summed E-state index contributed by atoms with van der Waals surface area (Å²) in [7, 11) is 0. The zero-order chi connectivity index (χ0) is 26.0. The van der Waals surface area contributed by atoms with E-state index in [1.54, 1.807) is 61.5 Å². The van der Waals surface area contributed by atoms with Gasteiger partial charge in [-0.1, -0.05) is 42.5 Å². The van der Waals surface area contributed by atoms with Crippen molar-refractivity contribution in [1.29, 1.82) is 0 Å². The van der Waals surface area contributed by atoms with Crippen LogP contribution in [0.5, 0.6) is 11.5 Å². The summed E-state index contributed by atoms with van der Waals surface area (Å²) in [6.45, 7) is 1.81. The monoisotopic (exact) mass is 494 g/mol. The second kappa shape index (κ2) is 12.8. The molecule has 0 fully saturated rings. The number of aliphatic hydroxyl groups excluding tert-OH is 1. The lowest BCUT2D eigenvalue weighted by molar-refractivity contribution is -0.0543. The number of aromatic hydroxyl groups is 1. The molecule has 0 aliphatic carbocycles. The molecule has 1 atom stereocenters. The quantitative estimate of drug-likeness (QED) is 0.187. The van der Waals surface area contributed by atoms with Gasteiger partial charge in [-0.25, -0.2) is 4.79 Å². The number of rotatable bonds is 13. The highest BCUT2D eigenvalue weighted by Gasteiger charge is 2.19. The molecule has 3 aromatic rings. The van der Waals surface area contributed by atoms with E-state index >= 15 is 0 Å². The number of phenolic OH excluding ortho intramolecular Hbond substituents is 1. The molecular weight excluding hydrogens is 464 g/mol. The van der Waals surface area contributed by atoms with E-state index in [1.165, 1.54) is 12.1 Å². The maximum absolute atomic E-state index is 12.5. The van der Waals surface area contributed by atoms with Crippen LogP contribution in [0.15, 0.2) is 72.8 Å². The number of benzene rings is 3. The molecule has 190 valence electrons. The van der Waals surface area contributed by atoms with Crippen LogP contribution in [-0.2, 0) is 16.1 Å². The van der Waals surface area contributed by atoms with Gasteiger partial charge >= 0.3 is 5.97 Å². The summed E-state index contributed by atoms with van der Waals surface area (Å²) >= 11 is 0. The normalized spacial score (nSPS) is 12.5. The third kappa shape index (κ3) is 7.91. The van der Waals surface area contributed by atoms with Crippen molar-refractivity contribution in [1.82, 2.24) is 0 Å². The van der Waals surface area contributed by atoms with Crippen molar-refractivity contribution in [3.05, 3.63) is 95.1 Å². The lowest BCUT2D eigenvalue weighted by atomic mass is 10.0. The first-order valence-corrected chi connectivity index (χ1v) is 11.5. The van der Waals surface area contributed by atoms with Gasteiger partial charge in [-0.05, 0) is 36.8 Å². The second-order valence-electron chi connectivity index (χ2n) is 8.52. The Morgan fingerprint density at radius 1 is 0.917 bits per heavy atom. The first-order chi connectivity index (χ1) is 17.3. The predicted octanol–water partition coefficient (Wildman–Crippen LogP) is 3.51. The molecule has 3 rings (SSSR count). The van der Waals surface area contributed by atoms with Crippen LogP contribution in [0, 0.1) is 0 Å². The molecule has 0 heterocycles. The van der Waals surface area contributed by atoms with Gasteiger partial charge in [-0.15, -0.1) is 0 Å². The van der Waals surface area contributed by atoms with E-state index in [4.69, 9.17) is 19.3 Å². The molecule has 1 unspecified atom stereocenters. The minimum atomic E-state index is -1.13. The fraction of sp³-hybridized carbons (Fsp3) is 0.286. The Bertz CT molecular complexity index is 1140. The van der Waals surface area contributed by atoms with Gasteiger partial charge in [0.1, 0.15) is 24.7 Å². The smallest absolute Gasteiger partial charge is 0.338 e. The van der Waals surface area contributed by atoms with Crippen molar-refractivity contribution < 1.29 is 39.1 Å². The Morgan fingerprint density at radius 2 is 1.64 bits per heavy atom. The van der Waals surface area contributed by atoms with Crippen molar-refractivity contribution in [2.75, 3.05) is 26.4 Å². The van der Waals surface area contributed by atoms with Crippen molar-refractivity contribution >= 4 is 11.8 Å². The highest BCUT2D eigenvalue weighted by atomic mass is 16.6. The first kappa shape index (κ1) is 26.9. The van der Waals surface area contributed by atoms with Gasteiger partial charge in [0.2, 0.25) is 0 Å². The van der Waals surface area contributed by atoms with E-state index in [0.717, 1.165) is 5.56 Å². The molecule has 0 aliphatic heterocycles. The van der Waals surface area contributed by atoms with Crippen molar-refractivity contribution in [2.45, 2.75) is 25.6 Å². The number of hydrogen-bond acceptors (Lipinski definition) is 8. The molecule has 0 spiro atoms. The summed E-state index contributed by atoms with van der Waals surface area (Å²) in [5.74, 6) is -0.543. The number of ether oxygens (including phenoxy) is 3. The number of carbonyl (C=O) groups is 2. The second-order valence-corrected chi connectivity index (χ2v) is 8.52. The maximum Gasteiger partial charge on any atom is 0.338 e. The number of esters is 1. The minimum absolute atomic E-state index is 0.0314. The number of aliphatic hydroxyl groups is 2. The Labute approximate surface area is 209 Å². The summed E-state index contributed by atoms with van der Waals surface area (Å²) in [6, 6.07) is 19.9. The Morgan fingerprint density at radius 3 is 2.31 bits per heavy atom. The highest BCUT2D eigenvalue weighted by Crippen LogP contribution is 2.26. The average Bonchev–Trinajstić information content (AvgIpc) is 2.87. The Hall–Kier alpha value is -3.72. The summed E-state index contributed by atoms with van der Waals surface area (Å²) in [5, 5.41) is 29.1. The highest BCUT2D eigenvalue weighted by molar-refractivity contribution is 6.10. The summed E-state index contributed by atoms with van der Waals surface area (Å²) in [5.41, 5.74) is 0.713. The molecule has 0 saturated heterocycles. The molecule has 3 aromatic carbocycles. The molecule has 0 bridgehead atoms. The molecule has 0 aliphatic rings. The van der Waals surface area contributed by atoms with Crippen LogP contribution in [0.1, 0.15) is 45.2 Å². The predicted molar refractivity (Wildman–Crippen MR) is 132 cm³/mol. The summed E-state index contributed by atoms with van der Waals surface area (Å²) in [4.78, 5) is 24.7. The number of ketones is 1. The van der Waals surface area contributed by atoms with Gasteiger partial charge in [0.15, 0.2) is 5.78 Å². The molecule has 3 N–H and O–H groups in total. The molecule has 8 heteroatoms. The van der Waals surface area contributed by atoms with E-state index in [-0.39, 0.29) is 56.6 Å². The molecule has 0 radical (unpaired) electrons. The van der Waals surface area contributed by atoms with Crippen molar-refractivity contribution in [3.63, 3.8) is 0 Å². The summed E-state index contributed by atoms with van der Waals surface area (Å²) in [6.07, 6.45) is 0.198. The van der Waals surface area contributed by atoms with Gasteiger partial charge < -0.3 is 29.5 Å². The number of hydrogen-bond donors (Lipinski definition) is 3.